The van der Waals surface area contributed by atoms with E-state index in [-0.39, 0.29) is 0 Å². The second-order valence-electron chi connectivity index (χ2n) is 49.4. The highest BCUT2D eigenvalue weighted by molar-refractivity contribution is 5.90. The molecule has 0 heteroatoms. The van der Waals surface area contributed by atoms with Gasteiger partial charge in [-0.1, -0.05) is 434 Å². The van der Waals surface area contributed by atoms with E-state index < -0.39 is 0 Å². The highest BCUT2D eigenvalue weighted by Gasteiger charge is 2.55. The Morgan fingerprint density at radius 3 is 0.959 bits per heavy atom. The van der Waals surface area contributed by atoms with Gasteiger partial charge in [0.25, 0.3) is 0 Å². The van der Waals surface area contributed by atoms with E-state index in [1.54, 1.807) is 38.5 Å². The maximum Gasteiger partial charge on any atom is -0.0149 e. The third kappa shape index (κ3) is 32.9. The smallest absolute Gasteiger partial charge is 0.0149 e. The zero-order valence-electron chi connectivity index (χ0n) is 98.3. The zero-order chi connectivity index (χ0) is 107. The number of fused-ring (bicyclic) bond motifs is 3. The van der Waals surface area contributed by atoms with Gasteiger partial charge in [-0.15, -0.1) is 0 Å². The molecule has 10 saturated carbocycles. The fourth-order valence-corrected chi connectivity index (χ4v) is 27.4. The maximum atomic E-state index is 2.53. The van der Waals surface area contributed by atoms with Crippen molar-refractivity contribution in [3.05, 3.63) is 388 Å². The first-order valence-electron chi connectivity index (χ1n) is 57.1. The van der Waals surface area contributed by atoms with E-state index in [0.29, 0.717) is 0 Å². The van der Waals surface area contributed by atoms with Gasteiger partial charge in [0.05, 0.1) is 0 Å². The lowest BCUT2D eigenvalue weighted by molar-refractivity contribution is -0.111. The minimum Gasteiger partial charge on any atom is -0.0625 e. The molecule has 0 saturated heterocycles. The SMILES string of the molecule is CC1C2CC3CC1C(C)C(C2)C3C.CC1C2CC3CC1C(C)C(C3)C2C.CC1CC(C)CC(C)C1.CC1CCC(C)C(C)C1.Cc1cc(C)c2cc(C)ccc2c1.Cc1cc(C)c2cccc(C)c2c1.Cc1cc(C)cc(C)c1.Cc1ccc(-c2cc(C)cc(C)c2)cc1.Cc1ccc(-c2ccc(C)c(C)c2)cc1.Cc1ccc(-c2ccc(C)cc2C)cc1.Cc1ccc(C)c(C)c1.Cc1ccc2c(C)cc(C)cc2c1. The molecule has 0 aromatic heterocycles. The Kier molecular flexibility index (Phi) is 42.8. The molecule has 14 aromatic carbocycles. The summed E-state index contributed by atoms with van der Waals surface area (Å²) < 4.78 is 0. The van der Waals surface area contributed by atoms with Crippen molar-refractivity contribution in [3.63, 3.8) is 0 Å². The molecule has 0 heterocycles. The van der Waals surface area contributed by atoms with Crippen molar-refractivity contribution in [2.75, 3.05) is 0 Å². The molecule has 24 rings (SSSR count). The summed E-state index contributed by atoms with van der Waals surface area (Å²) in [6.45, 7) is 80.9. The van der Waals surface area contributed by atoms with Gasteiger partial charge < -0.3 is 0 Å². The Bertz CT molecular complexity index is 6320. The lowest BCUT2D eigenvalue weighted by atomic mass is 9.45. The lowest BCUT2D eigenvalue weighted by Gasteiger charge is -2.60. The first-order valence-corrected chi connectivity index (χ1v) is 57.1. The van der Waals surface area contributed by atoms with Gasteiger partial charge in [-0.25, -0.2) is 0 Å². The minimum absolute atomic E-state index is 0.980. The molecule has 0 radical (unpaired) electrons. The molecule has 10 fully saturated rings. The third-order valence-electron chi connectivity index (χ3n) is 35.8. The maximum absolute atomic E-state index is 2.53. The molecule has 8 bridgehead atoms. The summed E-state index contributed by atoms with van der Waals surface area (Å²) in [7, 11) is 0. The van der Waals surface area contributed by atoms with Crippen molar-refractivity contribution in [1.29, 1.82) is 0 Å². The molecule has 10 aliphatic carbocycles. The van der Waals surface area contributed by atoms with Crippen molar-refractivity contribution in [1.82, 2.24) is 0 Å². The van der Waals surface area contributed by atoms with Crippen molar-refractivity contribution in [3.8, 4) is 33.4 Å². The zero-order valence-corrected chi connectivity index (χ0v) is 98.3. The molecule has 9 atom stereocenters. The molecule has 0 spiro atoms. The summed E-state index contributed by atoms with van der Waals surface area (Å²) in [5.74, 6) is 21.0. The van der Waals surface area contributed by atoms with Gasteiger partial charge in [0.2, 0.25) is 0 Å². The molecule has 0 N–H and O–H groups in total. The Hall–Kier alpha value is -10.1. The van der Waals surface area contributed by atoms with E-state index >= 15 is 0 Å². The molecule has 0 aliphatic heterocycles. The van der Waals surface area contributed by atoms with Crippen molar-refractivity contribution in [2.24, 2.45) is 118 Å². The summed E-state index contributed by atoms with van der Waals surface area (Å²) in [4.78, 5) is 0. The Morgan fingerprint density at radius 1 is 0.164 bits per heavy atom. The van der Waals surface area contributed by atoms with Crippen LogP contribution in [0.25, 0.3) is 65.7 Å². The van der Waals surface area contributed by atoms with E-state index in [1.165, 1.54) is 238 Å². The fraction of sp³-hybridized carbons (Fsp3) is 0.466. The van der Waals surface area contributed by atoms with Gasteiger partial charge in [0, 0.05) is 0 Å². The van der Waals surface area contributed by atoms with Crippen LogP contribution in [0.4, 0.5) is 0 Å². The van der Waals surface area contributed by atoms with Crippen LogP contribution in [0.1, 0.15) is 294 Å². The number of rotatable bonds is 3. The number of hydrogen-bond acceptors (Lipinski definition) is 0. The van der Waals surface area contributed by atoms with Crippen LogP contribution in [0, 0.1) is 285 Å². The summed E-state index contributed by atoms with van der Waals surface area (Å²) in [5, 5.41) is 8.23. The van der Waals surface area contributed by atoms with Crippen LogP contribution in [0.2, 0.25) is 0 Å². The number of hydrogen-bond donors (Lipinski definition) is 0. The van der Waals surface area contributed by atoms with Crippen molar-refractivity contribution >= 4 is 32.3 Å². The van der Waals surface area contributed by atoms with Crippen LogP contribution in [0.5, 0.6) is 0 Å². The monoisotopic (exact) mass is 1950 g/mol. The molecule has 9 unspecified atom stereocenters. The van der Waals surface area contributed by atoms with Crippen LogP contribution in [0.3, 0.4) is 0 Å². The van der Waals surface area contributed by atoms with Crippen LogP contribution in [-0.2, 0) is 0 Å². The highest BCUT2D eigenvalue weighted by atomic mass is 14.6. The first kappa shape index (κ1) is 116. The van der Waals surface area contributed by atoms with E-state index in [4.69, 9.17) is 0 Å². The highest BCUT2D eigenvalue weighted by Crippen LogP contribution is 2.63. The Labute approximate surface area is 892 Å². The average molecular weight is 1950 g/mol. The molecular formula is C146H194. The van der Waals surface area contributed by atoms with Crippen molar-refractivity contribution < 1.29 is 0 Å². The number of benzene rings is 14. The normalized spacial score (nSPS) is 24.2. The number of aryl methyl sites for hydroxylation is 24. The van der Waals surface area contributed by atoms with Crippen LogP contribution < -0.4 is 0 Å². The van der Waals surface area contributed by atoms with E-state index in [0.717, 1.165) is 118 Å². The molecule has 0 amide bonds. The fourth-order valence-electron chi connectivity index (χ4n) is 27.4. The van der Waals surface area contributed by atoms with Crippen LogP contribution in [-0.4, -0.2) is 0 Å². The van der Waals surface area contributed by atoms with Gasteiger partial charge >= 0.3 is 0 Å². The molecule has 14 aromatic rings. The second-order valence-corrected chi connectivity index (χ2v) is 49.4. The third-order valence-corrected chi connectivity index (χ3v) is 35.8. The lowest BCUT2D eigenvalue weighted by Crippen LogP contribution is -2.53. The second kappa shape index (κ2) is 53.8. The van der Waals surface area contributed by atoms with Gasteiger partial charge in [-0.2, -0.15) is 0 Å². The van der Waals surface area contributed by atoms with Crippen LogP contribution >= 0.6 is 0 Å². The first-order chi connectivity index (χ1) is 69.1. The predicted molar refractivity (Wildman–Crippen MR) is 647 cm³/mol. The van der Waals surface area contributed by atoms with Crippen LogP contribution in [0.15, 0.2) is 255 Å². The molecule has 146 heavy (non-hydrogen) atoms. The van der Waals surface area contributed by atoms with E-state index in [1.807, 2.05) is 0 Å². The van der Waals surface area contributed by atoms with Gasteiger partial charge in [-0.3, -0.25) is 0 Å². The van der Waals surface area contributed by atoms with E-state index in [2.05, 4.69) is 504 Å². The molecular weight excluding hydrogens is 1750 g/mol. The molecule has 778 valence electrons. The summed E-state index contributed by atoms with van der Waals surface area (Å²) in [6, 6.07) is 92.2. The molecule has 10 aliphatic rings. The van der Waals surface area contributed by atoms with Gasteiger partial charge in [0.15, 0.2) is 0 Å². The predicted octanol–water partition coefficient (Wildman–Crippen LogP) is 42.7. The molecule has 0 nitrogen and oxygen atoms in total. The minimum atomic E-state index is 0.980. The van der Waals surface area contributed by atoms with Gasteiger partial charge in [-0.05, 0) is 465 Å². The van der Waals surface area contributed by atoms with E-state index in [9.17, 15) is 0 Å². The Morgan fingerprint density at radius 2 is 0.507 bits per heavy atom. The summed E-state index contributed by atoms with van der Waals surface area (Å²) in [5.41, 5.74) is 40.1. The average Bonchev–Trinajstić information content (AvgIpc) is 0.737. The largest absolute Gasteiger partial charge is 0.0625 e. The standard InChI is InChI=1S/3C15H16.2C13H22.3C13H14.C9H18.C9H12.C9H18.C9H12/c1-11-4-7-14(8-5-11)15-9-6-12(2)13(3)10-15;1-11-4-7-14(8-5-11)15-9-6-12(2)10-13(15)3;1-11-4-6-14(7-5-11)15-9-12(2)8-13(3)10-15;1-7-10-4-11-6-12(7)9(3)13(5-10)8(11)2;1-7-11-4-10-5-12(7)9(3)13(6-10)8(11)2;1-9-4-5-12-7-10(2)6-11(3)13(12)8-9;1-9-4-5-13-11(3)6-10(2)8-12(13)7-9;1-9-7-11(3)12-6-4-5-10(2)13(12)8-9;2*1-7-4-8(2)6-9(3)5-7;2*1-7-4-5-8(2)9(3)6-7/h3*4-10H,1-3H3;2*7-13H,4-6H2,1-3H3;3*4-8H,1-3H3;7-9H,4-6H2,1-3H3;4-6H,1-3H3;7-9H,4-6H2,1-3H3;4-6H,1-3H3. The van der Waals surface area contributed by atoms with Gasteiger partial charge in [0.1, 0.15) is 0 Å². The summed E-state index contributed by atoms with van der Waals surface area (Å²) in [6.07, 6.45) is 18.2. The topological polar surface area (TPSA) is 0 Å². The van der Waals surface area contributed by atoms with Crippen molar-refractivity contribution in [2.45, 2.75) is 326 Å². The quantitative estimate of drug-likeness (QED) is 0.165. The Balaban J connectivity index is 0.000000152. The summed E-state index contributed by atoms with van der Waals surface area (Å²) >= 11 is 0.